The van der Waals surface area contributed by atoms with Crippen molar-refractivity contribution < 1.29 is 9.59 Å². The van der Waals surface area contributed by atoms with Crippen molar-refractivity contribution in [3.05, 3.63) is 35.9 Å². The van der Waals surface area contributed by atoms with Crippen molar-refractivity contribution in [1.82, 2.24) is 10.6 Å². The Bertz CT molecular complexity index is 497. The average Bonchev–Trinajstić information content (AvgIpc) is 2.78. The molecule has 0 heterocycles. The van der Waals surface area contributed by atoms with Gasteiger partial charge in [-0.15, -0.1) is 0 Å². The number of nitrogens with one attached hydrogen (secondary N) is 2. The number of rotatable bonds is 5. The molecule has 0 aromatic heterocycles. The van der Waals surface area contributed by atoms with Gasteiger partial charge in [0.2, 0.25) is 5.91 Å². The summed E-state index contributed by atoms with van der Waals surface area (Å²) in [4.78, 5) is 23.7. The Balaban J connectivity index is 1.67. The van der Waals surface area contributed by atoms with E-state index in [9.17, 15) is 9.59 Å². The fourth-order valence-corrected chi connectivity index (χ4v) is 2.84. The maximum atomic E-state index is 11.9. The Morgan fingerprint density at radius 3 is 2.57 bits per heavy atom. The molecule has 1 aliphatic rings. The number of carbonyl (C=O) groups excluding carboxylic acids is 2. The molecule has 2 N–H and O–H groups in total. The van der Waals surface area contributed by atoms with Crippen LogP contribution in [-0.4, -0.2) is 24.4 Å². The van der Waals surface area contributed by atoms with E-state index in [-0.39, 0.29) is 17.9 Å². The Kier molecular flexibility index (Phi) is 4.99. The highest BCUT2D eigenvalue weighted by Crippen LogP contribution is 2.36. The largest absolute Gasteiger partial charge is 0.353 e. The molecule has 4 heteroatoms. The van der Waals surface area contributed by atoms with Crippen LogP contribution in [0.25, 0.3) is 0 Å². The van der Waals surface area contributed by atoms with E-state index in [1.807, 2.05) is 18.2 Å². The van der Waals surface area contributed by atoms with E-state index in [2.05, 4.69) is 24.5 Å². The quantitative estimate of drug-likeness (QED) is 0.874. The van der Waals surface area contributed by atoms with E-state index in [0.29, 0.717) is 23.9 Å². The van der Waals surface area contributed by atoms with Crippen molar-refractivity contribution in [2.45, 2.75) is 45.6 Å². The van der Waals surface area contributed by atoms with E-state index in [0.717, 1.165) is 19.3 Å². The van der Waals surface area contributed by atoms with Crippen LogP contribution in [0.2, 0.25) is 0 Å². The van der Waals surface area contributed by atoms with Crippen LogP contribution in [0.4, 0.5) is 0 Å². The highest BCUT2D eigenvalue weighted by atomic mass is 16.2. The zero-order chi connectivity index (χ0) is 15.3. The molecule has 114 valence electrons. The van der Waals surface area contributed by atoms with Gasteiger partial charge < -0.3 is 10.6 Å². The van der Waals surface area contributed by atoms with Gasteiger partial charge >= 0.3 is 0 Å². The summed E-state index contributed by atoms with van der Waals surface area (Å²) in [6.07, 6.45) is 3.57. The van der Waals surface area contributed by atoms with Gasteiger partial charge in [0.05, 0.1) is 0 Å². The first-order chi connectivity index (χ1) is 9.96. The Labute approximate surface area is 126 Å². The normalized spacial score (nSPS) is 20.0. The summed E-state index contributed by atoms with van der Waals surface area (Å²) in [7, 11) is 0. The minimum absolute atomic E-state index is 0.0195. The van der Waals surface area contributed by atoms with Crippen molar-refractivity contribution in [2.24, 2.45) is 5.41 Å². The van der Waals surface area contributed by atoms with E-state index in [1.54, 1.807) is 12.1 Å². The zero-order valence-corrected chi connectivity index (χ0v) is 12.8. The lowest BCUT2D eigenvalue weighted by atomic mass is 9.92. The maximum Gasteiger partial charge on any atom is 0.251 e. The molecule has 1 saturated carbocycles. The zero-order valence-electron chi connectivity index (χ0n) is 12.8. The van der Waals surface area contributed by atoms with E-state index in [1.165, 1.54) is 0 Å². The molecule has 0 spiro atoms. The molecule has 0 bridgehead atoms. The third-order valence-corrected chi connectivity index (χ3v) is 4.01. The van der Waals surface area contributed by atoms with Crippen LogP contribution in [0.15, 0.2) is 30.3 Å². The van der Waals surface area contributed by atoms with Gasteiger partial charge in [-0.1, -0.05) is 32.0 Å². The van der Waals surface area contributed by atoms with Crippen molar-refractivity contribution in [1.29, 1.82) is 0 Å². The standard InChI is InChI=1S/C17H24N2O2/c1-17(2)10-8-14(12-17)19-15(20)9-11-18-16(21)13-6-4-3-5-7-13/h3-7,14H,8-12H2,1-2H3,(H,18,21)(H,19,20). The molecule has 1 fully saturated rings. The average molecular weight is 288 g/mol. The second-order valence-corrected chi connectivity index (χ2v) is 6.54. The molecule has 2 rings (SSSR count). The molecule has 0 saturated heterocycles. The summed E-state index contributed by atoms with van der Waals surface area (Å²) in [5.41, 5.74) is 0.954. The highest BCUT2D eigenvalue weighted by molar-refractivity contribution is 5.94. The number of hydrogen-bond donors (Lipinski definition) is 2. The predicted octanol–water partition coefficient (Wildman–Crippen LogP) is 2.50. The van der Waals surface area contributed by atoms with Crippen LogP contribution in [0.1, 0.15) is 49.9 Å². The van der Waals surface area contributed by atoms with E-state index >= 15 is 0 Å². The molecule has 4 nitrogen and oxygen atoms in total. The molecule has 1 atom stereocenters. The first-order valence-corrected chi connectivity index (χ1v) is 7.59. The lowest BCUT2D eigenvalue weighted by Crippen LogP contribution is -2.36. The van der Waals surface area contributed by atoms with Gasteiger partial charge in [0, 0.05) is 24.6 Å². The number of amides is 2. The monoisotopic (exact) mass is 288 g/mol. The van der Waals surface area contributed by atoms with Crippen molar-refractivity contribution >= 4 is 11.8 Å². The fourth-order valence-electron chi connectivity index (χ4n) is 2.84. The van der Waals surface area contributed by atoms with Gasteiger partial charge in [-0.3, -0.25) is 9.59 Å². The molecule has 1 aliphatic carbocycles. The van der Waals surface area contributed by atoms with Crippen LogP contribution < -0.4 is 10.6 Å². The van der Waals surface area contributed by atoms with Crippen LogP contribution in [0.3, 0.4) is 0 Å². The Morgan fingerprint density at radius 2 is 1.95 bits per heavy atom. The summed E-state index contributed by atoms with van der Waals surface area (Å²) in [6.45, 7) is 4.84. The predicted molar refractivity (Wildman–Crippen MR) is 83.0 cm³/mol. The van der Waals surface area contributed by atoms with Crippen LogP contribution in [-0.2, 0) is 4.79 Å². The number of hydrogen-bond acceptors (Lipinski definition) is 2. The van der Waals surface area contributed by atoms with Crippen LogP contribution in [0.5, 0.6) is 0 Å². The molecule has 0 radical (unpaired) electrons. The molecule has 21 heavy (non-hydrogen) atoms. The molecule has 1 aromatic rings. The molecular weight excluding hydrogens is 264 g/mol. The first-order valence-electron chi connectivity index (χ1n) is 7.59. The van der Waals surface area contributed by atoms with Crippen LogP contribution >= 0.6 is 0 Å². The number of benzene rings is 1. The van der Waals surface area contributed by atoms with Gasteiger partial charge in [-0.25, -0.2) is 0 Å². The molecule has 2 amide bonds. The van der Waals surface area contributed by atoms with Gasteiger partial charge in [-0.2, -0.15) is 0 Å². The maximum absolute atomic E-state index is 11.9. The summed E-state index contributed by atoms with van der Waals surface area (Å²) in [6, 6.07) is 9.32. The Morgan fingerprint density at radius 1 is 1.24 bits per heavy atom. The molecular formula is C17H24N2O2. The van der Waals surface area contributed by atoms with Crippen molar-refractivity contribution in [3.8, 4) is 0 Å². The fraction of sp³-hybridized carbons (Fsp3) is 0.529. The smallest absolute Gasteiger partial charge is 0.251 e. The minimum atomic E-state index is -0.134. The summed E-state index contributed by atoms with van der Waals surface area (Å²) < 4.78 is 0. The Hall–Kier alpha value is -1.84. The van der Waals surface area contributed by atoms with Gasteiger partial charge in [0.15, 0.2) is 0 Å². The minimum Gasteiger partial charge on any atom is -0.353 e. The second kappa shape index (κ2) is 6.74. The van der Waals surface area contributed by atoms with Crippen molar-refractivity contribution in [2.75, 3.05) is 6.54 Å². The second-order valence-electron chi connectivity index (χ2n) is 6.54. The van der Waals surface area contributed by atoms with Crippen molar-refractivity contribution in [3.63, 3.8) is 0 Å². The van der Waals surface area contributed by atoms with Gasteiger partial charge in [0.1, 0.15) is 0 Å². The lowest BCUT2D eigenvalue weighted by Gasteiger charge is -2.17. The molecule has 0 aliphatic heterocycles. The summed E-state index contributed by atoms with van der Waals surface area (Å²) in [5.74, 6) is -0.114. The van der Waals surface area contributed by atoms with Gasteiger partial charge in [0.25, 0.3) is 5.91 Å². The van der Waals surface area contributed by atoms with Crippen LogP contribution in [0, 0.1) is 5.41 Å². The third kappa shape index (κ3) is 4.88. The lowest BCUT2D eigenvalue weighted by molar-refractivity contribution is -0.121. The molecule has 1 unspecified atom stereocenters. The van der Waals surface area contributed by atoms with E-state index < -0.39 is 0 Å². The summed E-state index contributed by atoms with van der Waals surface area (Å²) in [5, 5.41) is 5.83. The topological polar surface area (TPSA) is 58.2 Å². The van der Waals surface area contributed by atoms with Gasteiger partial charge in [-0.05, 0) is 36.8 Å². The third-order valence-electron chi connectivity index (χ3n) is 4.01. The first kappa shape index (κ1) is 15.5. The number of carbonyl (C=O) groups is 2. The SMILES string of the molecule is CC1(C)CCC(NC(=O)CCNC(=O)c2ccccc2)C1. The summed E-state index contributed by atoms with van der Waals surface area (Å²) >= 11 is 0. The highest BCUT2D eigenvalue weighted by Gasteiger charge is 2.31. The molecule has 1 aromatic carbocycles. The van der Waals surface area contributed by atoms with E-state index in [4.69, 9.17) is 0 Å².